The second kappa shape index (κ2) is 8.26. The molecular formula is C22H24ClNO3S. The lowest BCUT2D eigenvalue weighted by atomic mass is 9.79. The van der Waals surface area contributed by atoms with Crippen LogP contribution in [0.25, 0.3) is 0 Å². The number of likely N-dealkylation sites (tertiary alicyclic amines) is 1. The summed E-state index contributed by atoms with van der Waals surface area (Å²) in [6.07, 6.45) is 5.43. The highest BCUT2D eigenvalue weighted by Gasteiger charge is 2.44. The van der Waals surface area contributed by atoms with E-state index < -0.39 is 5.41 Å². The Balaban J connectivity index is 1.44. The Morgan fingerprint density at radius 3 is 2.57 bits per heavy atom. The van der Waals surface area contributed by atoms with Gasteiger partial charge in [0.05, 0.1) is 11.5 Å². The second-order valence-electron chi connectivity index (χ2n) is 7.63. The SMILES string of the molecule is O=C(COC(=O)C1(c2ccc(Cl)cc2)CCCC1)N1CCCC1c1cccs1. The van der Waals surface area contributed by atoms with Crippen LogP contribution in [0.15, 0.2) is 41.8 Å². The number of halogens is 1. The minimum Gasteiger partial charge on any atom is -0.455 e. The van der Waals surface area contributed by atoms with Crippen LogP contribution in [0.2, 0.25) is 5.02 Å². The second-order valence-corrected chi connectivity index (χ2v) is 9.05. The molecule has 0 radical (unpaired) electrons. The van der Waals surface area contributed by atoms with E-state index in [1.807, 2.05) is 40.6 Å². The number of esters is 1. The van der Waals surface area contributed by atoms with Crippen LogP contribution in [0, 0.1) is 0 Å². The lowest BCUT2D eigenvalue weighted by Gasteiger charge is -2.28. The van der Waals surface area contributed by atoms with Gasteiger partial charge in [-0.2, -0.15) is 0 Å². The van der Waals surface area contributed by atoms with Gasteiger partial charge in [0.25, 0.3) is 5.91 Å². The molecule has 0 spiro atoms. The predicted molar refractivity (Wildman–Crippen MR) is 111 cm³/mol. The average molecular weight is 418 g/mol. The van der Waals surface area contributed by atoms with Gasteiger partial charge in [-0.15, -0.1) is 11.3 Å². The van der Waals surface area contributed by atoms with E-state index in [0.717, 1.165) is 50.6 Å². The molecule has 1 aliphatic carbocycles. The summed E-state index contributed by atoms with van der Waals surface area (Å²) in [5.74, 6) is -0.388. The predicted octanol–water partition coefficient (Wildman–Crippen LogP) is 5.12. The van der Waals surface area contributed by atoms with Crippen molar-refractivity contribution < 1.29 is 14.3 Å². The fourth-order valence-corrected chi connectivity index (χ4v) is 5.55. The molecule has 2 aromatic rings. The molecule has 2 heterocycles. The maximum atomic E-state index is 13.1. The van der Waals surface area contributed by atoms with Crippen LogP contribution in [0.3, 0.4) is 0 Å². The summed E-state index contributed by atoms with van der Waals surface area (Å²) < 4.78 is 5.59. The minimum atomic E-state index is -0.650. The maximum absolute atomic E-state index is 13.1. The molecule has 0 bridgehead atoms. The maximum Gasteiger partial charge on any atom is 0.317 e. The summed E-state index contributed by atoms with van der Waals surface area (Å²) in [5, 5.41) is 2.68. The fraction of sp³-hybridized carbons (Fsp3) is 0.455. The first-order chi connectivity index (χ1) is 13.6. The van der Waals surface area contributed by atoms with Gasteiger partial charge in [0.1, 0.15) is 0 Å². The van der Waals surface area contributed by atoms with Gasteiger partial charge < -0.3 is 9.64 Å². The number of hydrogen-bond donors (Lipinski definition) is 0. The normalized spacial score (nSPS) is 21.0. The molecule has 1 atom stereocenters. The first kappa shape index (κ1) is 19.5. The quantitative estimate of drug-likeness (QED) is 0.634. The molecule has 1 amide bonds. The summed E-state index contributed by atoms with van der Waals surface area (Å²) in [5.41, 5.74) is 0.285. The van der Waals surface area contributed by atoms with Gasteiger partial charge >= 0.3 is 5.97 Å². The van der Waals surface area contributed by atoms with Crippen LogP contribution >= 0.6 is 22.9 Å². The average Bonchev–Trinajstić information content (AvgIpc) is 3.47. The molecule has 1 aromatic carbocycles. The van der Waals surface area contributed by atoms with Crippen LogP contribution in [0.5, 0.6) is 0 Å². The van der Waals surface area contributed by atoms with Crippen molar-refractivity contribution in [2.24, 2.45) is 0 Å². The molecule has 4 nitrogen and oxygen atoms in total. The van der Waals surface area contributed by atoms with Crippen molar-refractivity contribution in [3.8, 4) is 0 Å². The molecule has 148 valence electrons. The largest absolute Gasteiger partial charge is 0.455 e. The van der Waals surface area contributed by atoms with Crippen molar-refractivity contribution in [1.29, 1.82) is 0 Å². The van der Waals surface area contributed by atoms with Crippen LogP contribution < -0.4 is 0 Å². The molecule has 1 aliphatic heterocycles. The molecule has 1 saturated carbocycles. The Morgan fingerprint density at radius 2 is 1.89 bits per heavy atom. The molecule has 2 fully saturated rings. The summed E-state index contributed by atoms with van der Waals surface area (Å²) in [4.78, 5) is 28.9. The van der Waals surface area contributed by atoms with E-state index in [0.29, 0.717) is 5.02 Å². The number of carbonyl (C=O) groups is 2. The Hall–Kier alpha value is -1.85. The topological polar surface area (TPSA) is 46.6 Å². The first-order valence-electron chi connectivity index (χ1n) is 9.86. The molecule has 0 N–H and O–H groups in total. The molecule has 1 saturated heterocycles. The first-order valence-corrected chi connectivity index (χ1v) is 11.1. The zero-order chi connectivity index (χ0) is 19.6. The van der Waals surface area contributed by atoms with Gasteiger partial charge in [0.15, 0.2) is 6.61 Å². The van der Waals surface area contributed by atoms with Crippen molar-refractivity contribution in [2.75, 3.05) is 13.2 Å². The van der Waals surface area contributed by atoms with Crippen molar-refractivity contribution in [2.45, 2.75) is 50.0 Å². The Morgan fingerprint density at radius 1 is 1.14 bits per heavy atom. The van der Waals surface area contributed by atoms with Crippen LogP contribution in [0.4, 0.5) is 0 Å². The van der Waals surface area contributed by atoms with Gasteiger partial charge in [-0.25, -0.2) is 0 Å². The van der Waals surface area contributed by atoms with E-state index in [1.165, 1.54) is 4.88 Å². The highest BCUT2D eigenvalue weighted by atomic mass is 35.5. The van der Waals surface area contributed by atoms with Crippen molar-refractivity contribution in [1.82, 2.24) is 4.90 Å². The third-order valence-corrected chi connectivity index (χ3v) is 7.24. The van der Waals surface area contributed by atoms with Crippen LogP contribution in [-0.4, -0.2) is 29.9 Å². The molecule has 6 heteroatoms. The fourth-order valence-electron chi connectivity index (χ4n) is 4.55. The summed E-state index contributed by atoms with van der Waals surface area (Å²) in [7, 11) is 0. The van der Waals surface area contributed by atoms with Gasteiger partial charge in [-0.1, -0.05) is 42.6 Å². The molecule has 1 aromatic heterocycles. The summed E-state index contributed by atoms with van der Waals surface area (Å²) in [6.45, 7) is 0.539. The highest BCUT2D eigenvalue weighted by Crippen LogP contribution is 2.42. The van der Waals surface area contributed by atoms with E-state index in [1.54, 1.807) is 11.3 Å². The van der Waals surface area contributed by atoms with Gasteiger partial charge in [-0.3, -0.25) is 9.59 Å². The summed E-state index contributed by atoms with van der Waals surface area (Å²) >= 11 is 7.68. The molecule has 4 rings (SSSR count). The zero-order valence-electron chi connectivity index (χ0n) is 15.7. The number of nitrogens with zero attached hydrogens (tertiary/aromatic N) is 1. The number of amides is 1. The number of ether oxygens (including phenoxy) is 1. The minimum absolute atomic E-state index is 0.103. The molecule has 28 heavy (non-hydrogen) atoms. The lowest BCUT2D eigenvalue weighted by Crippen LogP contribution is -2.39. The molecule has 1 unspecified atom stereocenters. The van der Waals surface area contributed by atoms with Crippen LogP contribution in [0.1, 0.15) is 55.0 Å². The van der Waals surface area contributed by atoms with E-state index in [9.17, 15) is 9.59 Å². The van der Waals surface area contributed by atoms with Crippen molar-refractivity contribution in [3.63, 3.8) is 0 Å². The number of carbonyl (C=O) groups excluding carboxylic acids is 2. The third-order valence-electron chi connectivity index (χ3n) is 6.02. The Bertz CT molecular complexity index is 828. The van der Waals surface area contributed by atoms with Crippen LogP contribution in [-0.2, 0) is 19.7 Å². The van der Waals surface area contributed by atoms with E-state index in [4.69, 9.17) is 16.3 Å². The van der Waals surface area contributed by atoms with Gasteiger partial charge in [0, 0.05) is 16.4 Å². The standard InChI is InChI=1S/C22H24ClNO3S/c23-17-9-7-16(8-10-17)22(11-1-2-12-22)21(26)27-15-20(25)24-13-3-5-18(24)19-6-4-14-28-19/h4,6-10,14,18H,1-3,5,11-13,15H2. The third kappa shape index (κ3) is 3.70. The van der Waals surface area contributed by atoms with Gasteiger partial charge in [-0.05, 0) is 54.8 Å². The smallest absolute Gasteiger partial charge is 0.317 e. The Kier molecular flexibility index (Phi) is 5.74. The van der Waals surface area contributed by atoms with E-state index >= 15 is 0 Å². The lowest BCUT2D eigenvalue weighted by molar-refractivity contribution is -0.157. The van der Waals surface area contributed by atoms with Crippen molar-refractivity contribution in [3.05, 3.63) is 57.2 Å². The van der Waals surface area contributed by atoms with Crippen molar-refractivity contribution >= 4 is 34.8 Å². The van der Waals surface area contributed by atoms with Gasteiger partial charge in [0.2, 0.25) is 0 Å². The monoisotopic (exact) mass is 417 g/mol. The zero-order valence-corrected chi connectivity index (χ0v) is 17.3. The number of thiophene rings is 1. The summed E-state index contributed by atoms with van der Waals surface area (Å²) in [6, 6.07) is 11.6. The number of benzene rings is 1. The number of hydrogen-bond acceptors (Lipinski definition) is 4. The molecule has 2 aliphatic rings. The van der Waals surface area contributed by atoms with E-state index in [-0.39, 0.29) is 24.5 Å². The van der Waals surface area contributed by atoms with E-state index in [2.05, 4.69) is 6.07 Å². The Labute approximate surface area is 174 Å². The number of rotatable bonds is 5. The molecular weight excluding hydrogens is 394 g/mol. The highest BCUT2D eigenvalue weighted by molar-refractivity contribution is 7.10.